The van der Waals surface area contributed by atoms with Gasteiger partial charge in [0.15, 0.2) is 0 Å². The second-order valence-electron chi connectivity index (χ2n) is 3.04. The maximum atomic E-state index is 11.5. The first kappa shape index (κ1) is 13.7. The Morgan fingerprint density at radius 1 is 1.36 bits per heavy atom. The number of aliphatic hydroxyl groups is 1. The summed E-state index contributed by atoms with van der Waals surface area (Å²) in [6.45, 7) is 2.05. The minimum atomic E-state index is -4.54. The lowest BCUT2D eigenvalue weighted by molar-refractivity contribution is -0.323. The predicted octanol–water partition coefficient (Wildman–Crippen LogP) is 1.27. The molecular formula is C8H16F3NO2. The van der Waals surface area contributed by atoms with Crippen LogP contribution in [0.15, 0.2) is 0 Å². The lowest BCUT2D eigenvalue weighted by Gasteiger charge is -2.08. The Kier molecular flexibility index (Phi) is 6.86. The average Bonchev–Trinajstić information content (AvgIpc) is 2.00. The summed E-state index contributed by atoms with van der Waals surface area (Å²) >= 11 is 0. The van der Waals surface area contributed by atoms with E-state index in [4.69, 9.17) is 5.11 Å². The van der Waals surface area contributed by atoms with Crippen molar-refractivity contribution >= 4 is 0 Å². The van der Waals surface area contributed by atoms with E-state index in [1.807, 2.05) is 0 Å². The van der Waals surface area contributed by atoms with Crippen LogP contribution in [0.2, 0.25) is 0 Å². The monoisotopic (exact) mass is 215 g/mol. The summed E-state index contributed by atoms with van der Waals surface area (Å²) in [5.41, 5.74) is 0. The number of hydrogen-bond acceptors (Lipinski definition) is 3. The molecule has 0 aromatic rings. The molecule has 0 rings (SSSR count). The molecule has 0 aliphatic carbocycles. The van der Waals surface area contributed by atoms with Gasteiger partial charge in [-0.2, -0.15) is 0 Å². The van der Waals surface area contributed by atoms with E-state index in [9.17, 15) is 13.2 Å². The Bertz CT molecular complexity index is 139. The topological polar surface area (TPSA) is 41.5 Å². The zero-order valence-corrected chi connectivity index (χ0v) is 8.10. The Hall–Kier alpha value is -0.330. The van der Waals surface area contributed by atoms with Gasteiger partial charge < -0.3 is 10.4 Å². The van der Waals surface area contributed by atoms with Crippen LogP contribution in [0, 0.1) is 0 Å². The molecule has 0 aliphatic rings. The lowest BCUT2D eigenvalue weighted by Crippen LogP contribution is -2.25. The molecular weight excluding hydrogens is 199 g/mol. The highest BCUT2D eigenvalue weighted by Gasteiger charge is 2.28. The first-order chi connectivity index (χ1) is 6.42. The number of rotatable bonds is 7. The molecule has 0 aromatic heterocycles. The van der Waals surface area contributed by atoms with Crippen molar-refractivity contribution in [3.8, 4) is 0 Å². The fourth-order valence-corrected chi connectivity index (χ4v) is 0.886. The molecule has 14 heavy (non-hydrogen) atoms. The van der Waals surface area contributed by atoms with Gasteiger partial charge in [0.2, 0.25) is 0 Å². The van der Waals surface area contributed by atoms with Crippen molar-refractivity contribution in [2.24, 2.45) is 0 Å². The number of hydrogen-bond donors (Lipinski definition) is 2. The van der Waals surface area contributed by atoms with Crippen molar-refractivity contribution in [1.29, 1.82) is 0 Å². The molecule has 0 spiro atoms. The van der Waals surface area contributed by atoms with Gasteiger partial charge in [0.05, 0.1) is 12.7 Å². The lowest BCUT2D eigenvalue weighted by atomic mass is 10.2. The van der Waals surface area contributed by atoms with Crippen molar-refractivity contribution < 1.29 is 23.0 Å². The van der Waals surface area contributed by atoms with Crippen LogP contribution in [-0.4, -0.2) is 37.3 Å². The molecule has 0 saturated carbocycles. The van der Waals surface area contributed by atoms with Gasteiger partial charge >= 0.3 is 6.36 Å². The zero-order chi connectivity index (χ0) is 11.0. The Labute approximate surface area is 81.2 Å². The van der Waals surface area contributed by atoms with E-state index in [0.29, 0.717) is 13.0 Å². The van der Waals surface area contributed by atoms with Crippen molar-refractivity contribution in [2.45, 2.75) is 32.2 Å². The van der Waals surface area contributed by atoms with Gasteiger partial charge in [0.25, 0.3) is 0 Å². The van der Waals surface area contributed by atoms with Crippen molar-refractivity contribution in [3.05, 3.63) is 0 Å². The Morgan fingerprint density at radius 3 is 2.50 bits per heavy atom. The number of aliphatic hydroxyl groups excluding tert-OH is 1. The SMILES string of the molecule is CC(O)CCCNCCOC(F)(F)F. The van der Waals surface area contributed by atoms with Crippen LogP contribution in [0.3, 0.4) is 0 Å². The Balaban J connectivity index is 3.07. The van der Waals surface area contributed by atoms with Gasteiger partial charge in [0, 0.05) is 6.54 Å². The second-order valence-corrected chi connectivity index (χ2v) is 3.04. The third-order valence-corrected chi connectivity index (χ3v) is 1.52. The molecule has 0 saturated heterocycles. The van der Waals surface area contributed by atoms with E-state index >= 15 is 0 Å². The van der Waals surface area contributed by atoms with Crippen LogP contribution >= 0.6 is 0 Å². The molecule has 0 radical (unpaired) electrons. The van der Waals surface area contributed by atoms with Crippen molar-refractivity contribution in [3.63, 3.8) is 0 Å². The smallest absolute Gasteiger partial charge is 0.393 e. The van der Waals surface area contributed by atoms with Crippen molar-refractivity contribution in [1.82, 2.24) is 5.32 Å². The largest absolute Gasteiger partial charge is 0.522 e. The molecule has 1 atom stereocenters. The molecule has 0 amide bonds. The standard InChI is InChI=1S/C8H16F3NO2/c1-7(13)3-2-4-12-5-6-14-8(9,10)11/h7,12-13H,2-6H2,1H3. The first-order valence-corrected chi connectivity index (χ1v) is 4.51. The summed E-state index contributed by atoms with van der Waals surface area (Å²) in [5.74, 6) is 0. The average molecular weight is 215 g/mol. The molecule has 0 bridgehead atoms. The zero-order valence-electron chi connectivity index (χ0n) is 8.10. The maximum absolute atomic E-state index is 11.5. The van der Waals surface area contributed by atoms with Crippen LogP contribution in [0.25, 0.3) is 0 Å². The van der Waals surface area contributed by atoms with Gasteiger partial charge in [-0.1, -0.05) is 0 Å². The molecule has 0 aromatic carbocycles. The molecule has 2 N–H and O–H groups in total. The van der Waals surface area contributed by atoms with Crippen LogP contribution < -0.4 is 5.32 Å². The summed E-state index contributed by atoms with van der Waals surface area (Å²) < 4.78 is 37.9. The fourth-order valence-electron chi connectivity index (χ4n) is 0.886. The molecule has 0 heterocycles. The summed E-state index contributed by atoms with van der Waals surface area (Å²) in [7, 11) is 0. The van der Waals surface area contributed by atoms with Gasteiger partial charge in [0.1, 0.15) is 0 Å². The number of alkyl halides is 3. The molecule has 0 aliphatic heterocycles. The van der Waals surface area contributed by atoms with Crippen molar-refractivity contribution in [2.75, 3.05) is 19.7 Å². The summed E-state index contributed by atoms with van der Waals surface area (Å²) in [6, 6.07) is 0. The molecule has 0 fully saturated rings. The normalized spacial score (nSPS) is 14.4. The maximum Gasteiger partial charge on any atom is 0.522 e. The van der Waals surface area contributed by atoms with Crippen LogP contribution in [0.5, 0.6) is 0 Å². The van der Waals surface area contributed by atoms with Crippen LogP contribution in [-0.2, 0) is 4.74 Å². The summed E-state index contributed by atoms with van der Waals surface area (Å²) in [5, 5.41) is 11.6. The number of halogens is 3. The van der Waals surface area contributed by atoms with E-state index in [1.165, 1.54) is 0 Å². The Morgan fingerprint density at radius 2 is 2.00 bits per heavy atom. The highest BCUT2D eigenvalue weighted by molar-refractivity contribution is 4.51. The number of ether oxygens (including phenoxy) is 1. The highest BCUT2D eigenvalue weighted by atomic mass is 19.4. The van der Waals surface area contributed by atoms with E-state index in [0.717, 1.165) is 6.42 Å². The highest BCUT2D eigenvalue weighted by Crippen LogP contribution is 2.14. The first-order valence-electron chi connectivity index (χ1n) is 4.51. The minimum absolute atomic E-state index is 0.166. The minimum Gasteiger partial charge on any atom is -0.393 e. The number of nitrogens with one attached hydrogen (secondary N) is 1. The van der Waals surface area contributed by atoms with Crippen LogP contribution in [0.1, 0.15) is 19.8 Å². The van der Waals surface area contributed by atoms with Crippen LogP contribution in [0.4, 0.5) is 13.2 Å². The third-order valence-electron chi connectivity index (χ3n) is 1.52. The van der Waals surface area contributed by atoms with E-state index in [2.05, 4.69) is 10.1 Å². The predicted molar refractivity (Wildman–Crippen MR) is 45.8 cm³/mol. The van der Waals surface area contributed by atoms with Gasteiger partial charge in [-0.3, -0.25) is 4.74 Å². The van der Waals surface area contributed by atoms with E-state index < -0.39 is 6.36 Å². The van der Waals surface area contributed by atoms with E-state index in [1.54, 1.807) is 6.92 Å². The molecule has 3 nitrogen and oxygen atoms in total. The fraction of sp³-hybridized carbons (Fsp3) is 1.00. The van der Waals surface area contributed by atoms with Gasteiger partial charge in [-0.25, -0.2) is 0 Å². The summed E-state index contributed by atoms with van der Waals surface area (Å²) in [4.78, 5) is 0. The molecule has 6 heteroatoms. The van der Waals surface area contributed by atoms with Gasteiger partial charge in [-0.15, -0.1) is 13.2 Å². The quantitative estimate of drug-likeness (QED) is 0.628. The third kappa shape index (κ3) is 11.7. The molecule has 1 unspecified atom stereocenters. The van der Waals surface area contributed by atoms with Gasteiger partial charge in [-0.05, 0) is 26.3 Å². The molecule has 86 valence electrons. The van der Waals surface area contributed by atoms with E-state index in [-0.39, 0.29) is 19.3 Å². The second kappa shape index (κ2) is 7.03. The summed E-state index contributed by atoms with van der Waals surface area (Å²) in [6.07, 6.45) is -3.51.